The van der Waals surface area contributed by atoms with Gasteiger partial charge >= 0.3 is 0 Å². The lowest BCUT2D eigenvalue weighted by Crippen LogP contribution is -2.42. The summed E-state index contributed by atoms with van der Waals surface area (Å²) < 4.78 is 5.95. The van der Waals surface area contributed by atoms with Crippen molar-refractivity contribution in [3.63, 3.8) is 0 Å². The Labute approximate surface area is 151 Å². The van der Waals surface area contributed by atoms with Crippen LogP contribution in [-0.4, -0.2) is 30.0 Å². The van der Waals surface area contributed by atoms with Crippen molar-refractivity contribution >= 4 is 34.8 Å². The van der Waals surface area contributed by atoms with Crippen molar-refractivity contribution in [1.82, 2.24) is 4.90 Å². The Morgan fingerprint density at radius 1 is 1.04 bits per heavy atom. The normalized spacial score (nSPS) is 15.3. The summed E-state index contributed by atoms with van der Waals surface area (Å²) in [5, 5.41) is 0.764. The van der Waals surface area contributed by atoms with Crippen LogP contribution in [0.4, 0.5) is 5.69 Å². The molecule has 1 amide bonds. The third kappa shape index (κ3) is 3.77. The third-order valence-electron chi connectivity index (χ3n) is 4.09. The summed E-state index contributed by atoms with van der Waals surface area (Å²) in [6.07, 6.45) is 1.61. The predicted octanol–water partition coefficient (Wildman–Crippen LogP) is 4.26. The van der Waals surface area contributed by atoms with Gasteiger partial charge in [0, 0.05) is 31.6 Å². The second-order valence-corrected chi connectivity index (χ2v) is 6.59. The summed E-state index contributed by atoms with van der Waals surface area (Å²) in [7, 11) is 0. The molecule has 1 fully saturated rings. The molecule has 2 N–H and O–H groups in total. The first-order valence-electron chi connectivity index (χ1n) is 7.80. The maximum Gasteiger partial charge on any atom is 0.256 e. The third-order valence-corrected chi connectivity index (χ3v) is 4.72. The summed E-state index contributed by atoms with van der Waals surface area (Å²) >= 11 is 12.3. The molecule has 24 heavy (non-hydrogen) atoms. The molecule has 0 atom stereocenters. The van der Waals surface area contributed by atoms with Crippen molar-refractivity contribution in [1.29, 1.82) is 0 Å². The minimum Gasteiger partial charge on any atom is -0.490 e. The van der Waals surface area contributed by atoms with Crippen molar-refractivity contribution in [2.45, 2.75) is 18.9 Å². The van der Waals surface area contributed by atoms with Crippen molar-refractivity contribution in [3.05, 3.63) is 58.1 Å². The van der Waals surface area contributed by atoms with Crippen LogP contribution in [0.2, 0.25) is 10.0 Å². The van der Waals surface area contributed by atoms with E-state index in [4.69, 9.17) is 33.7 Å². The maximum absolute atomic E-state index is 12.6. The largest absolute Gasteiger partial charge is 0.490 e. The van der Waals surface area contributed by atoms with E-state index >= 15 is 0 Å². The number of nitrogens with zero attached hydrogens (tertiary/aromatic N) is 1. The zero-order chi connectivity index (χ0) is 17.1. The molecule has 6 heteroatoms. The van der Waals surface area contributed by atoms with E-state index in [0.717, 1.165) is 18.6 Å². The number of amides is 1. The number of benzene rings is 2. The van der Waals surface area contributed by atoms with Crippen LogP contribution in [0.15, 0.2) is 42.5 Å². The van der Waals surface area contributed by atoms with E-state index in [1.807, 2.05) is 24.3 Å². The first-order chi connectivity index (χ1) is 11.5. The second-order valence-electron chi connectivity index (χ2n) is 5.78. The quantitative estimate of drug-likeness (QED) is 0.827. The molecule has 0 bridgehead atoms. The van der Waals surface area contributed by atoms with Crippen LogP contribution in [0, 0.1) is 0 Å². The van der Waals surface area contributed by atoms with E-state index in [0.29, 0.717) is 34.4 Å². The molecule has 0 unspecified atom stereocenters. The van der Waals surface area contributed by atoms with E-state index in [-0.39, 0.29) is 12.0 Å². The lowest BCUT2D eigenvalue weighted by molar-refractivity contribution is 0.0596. The number of piperidine rings is 1. The van der Waals surface area contributed by atoms with Gasteiger partial charge in [0.2, 0.25) is 0 Å². The van der Waals surface area contributed by atoms with Crippen molar-refractivity contribution < 1.29 is 9.53 Å². The standard InChI is InChI=1S/C18H18Cl2N2O2/c19-15-2-1-3-16(20)17(15)18(23)22-10-8-14(9-11-22)24-13-6-4-12(21)5-7-13/h1-7,14H,8-11,21H2. The smallest absolute Gasteiger partial charge is 0.256 e. The van der Waals surface area contributed by atoms with Crippen LogP contribution in [0.5, 0.6) is 5.75 Å². The highest BCUT2D eigenvalue weighted by Gasteiger charge is 2.27. The minimum absolute atomic E-state index is 0.0828. The zero-order valence-corrected chi connectivity index (χ0v) is 14.6. The van der Waals surface area contributed by atoms with E-state index in [2.05, 4.69) is 0 Å². The van der Waals surface area contributed by atoms with E-state index in [9.17, 15) is 4.79 Å². The van der Waals surface area contributed by atoms with Crippen molar-refractivity contribution in [2.75, 3.05) is 18.8 Å². The average Bonchev–Trinajstić information content (AvgIpc) is 2.57. The number of halogens is 2. The van der Waals surface area contributed by atoms with Crippen molar-refractivity contribution in [2.24, 2.45) is 0 Å². The van der Waals surface area contributed by atoms with Gasteiger partial charge in [-0.15, -0.1) is 0 Å². The van der Waals surface area contributed by atoms with Crippen molar-refractivity contribution in [3.8, 4) is 5.75 Å². The number of anilines is 1. The molecule has 3 rings (SSSR count). The Balaban J connectivity index is 1.60. The van der Waals surface area contributed by atoms with Gasteiger partial charge in [-0.25, -0.2) is 0 Å². The van der Waals surface area contributed by atoms with Crippen LogP contribution < -0.4 is 10.5 Å². The number of rotatable bonds is 3. The second kappa shape index (κ2) is 7.32. The van der Waals surface area contributed by atoms with Gasteiger partial charge in [-0.05, 0) is 36.4 Å². The van der Waals surface area contributed by atoms with Crippen LogP contribution in [0.3, 0.4) is 0 Å². The molecule has 126 valence electrons. The molecule has 4 nitrogen and oxygen atoms in total. The molecule has 2 aromatic rings. The molecule has 0 aliphatic carbocycles. The molecule has 1 aliphatic rings. The fraction of sp³-hybridized carbons (Fsp3) is 0.278. The van der Waals surface area contributed by atoms with Crippen LogP contribution in [0.1, 0.15) is 23.2 Å². The Hall–Kier alpha value is -1.91. The first kappa shape index (κ1) is 16.9. The first-order valence-corrected chi connectivity index (χ1v) is 8.55. The Morgan fingerprint density at radius 2 is 1.62 bits per heavy atom. The van der Waals surface area contributed by atoms with Crippen LogP contribution >= 0.6 is 23.2 Å². The number of nitrogens with two attached hydrogens (primary N) is 1. The SMILES string of the molecule is Nc1ccc(OC2CCN(C(=O)c3c(Cl)cccc3Cl)CC2)cc1. The van der Waals surface area contributed by atoms with Gasteiger partial charge in [-0.1, -0.05) is 29.3 Å². The summed E-state index contributed by atoms with van der Waals surface area (Å²) in [6.45, 7) is 1.22. The van der Waals surface area contributed by atoms with E-state index < -0.39 is 0 Å². The van der Waals surface area contributed by atoms with Gasteiger partial charge in [0.15, 0.2) is 0 Å². The van der Waals surface area contributed by atoms with Gasteiger partial charge in [-0.2, -0.15) is 0 Å². The zero-order valence-electron chi connectivity index (χ0n) is 13.0. The highest BCUT2D eigenvalue weighted by molar-refractivity contribution is 6.39. The number of likely N-dealkylation sites (tertiary alicyclic amines) is 1. The molecule has 1 heterocycles. The molecule has 1 saturated heterocycles. The topological polar surface area (TPSA) is 55.6 Å². The minimum atomic E-state index is -0.128. The van der Waals surface area contributed by atoms with Gasteiger partial charge in [0.05, 0.1) is 15.6 Å². The number of hydrogen-bond acceptors (Lipinski definition) is 3. The number of nitrogen functional groups attached to an aromatic ring is 1. The molecule has 0 radical (unpaired) electrons. The molecule has 0 spiro atoms. The highest BCUT2D eigenvalue weighted by Crippen LogP contribution is 2.27. The predicted molar refractivity (Wildman–Crippen MR) is 96.9 cm³/mol. The molecule has 0 saturated carbocycles. The fourth-order valence-corrected chi connectivity index (χ4v) is 3.33. The average molecular weight is 365 g/mol. The van der Waals surface area contributed by atoms with Crippen LogP contribution in [0.25, 0.3) is 0 Å². The summed E-state index contributed by atoms with van der Waals surface area (Å²) in [6, 6.07) is 12.4. The lowest BCUT2D eigenvalue weighted by atomic mass is 10.1. The van der Waals surface area contributed by atoms with Gasteiger partial charge < -0.3 is 15.4 Å². The molecular weight excluding hydrogens is 347 g/mol. The maximum atomic E-state index is 12.6. The lowest BCUT2D eigenvalue weighted by Gasteiger charge is -2.32. The molecule has 2 aromatic carbocycles. The van der Waals surface area contributed by atoms with E-state index in [1.54, 1.807) is 23.1 Å². The van der Waals surface area contributed by atoms with Gasteiger partial charge in [0.1, 0.15) is 11.9 Å². The number of carbonyl (C=O) groups excluding carboxylic acids is 1. The number of hydrogen-bond donors (Lipinski definition) is 1. The Morgan fingerprint density at radius 3 is 2.21 bits per heavy atom. The summed E-state index contributed by atoms with van der Waals surface area (Å²) in [5.41, 5.74) is 6.75. The summed E-state index contributed by atoms with van der Waals surface area (Å²) in [5.74, 6) is 0.666. The molecule has 1 aliphatic heterocycles. The monoisotopic (exact) mass is 364 g/mol. The van der Waals surface area contributed by atoms with E-state index in [1.165, 1.54) is 0 Å². The number of carbonyl (C=O) groups is 1. The fourth-order valence-electron chi connectivity index (χ4n) is 2.78. The highest BCUT2D eigenvalue weighted by atomic mass is 35.5. The molecular formula is C18H18Cl2N2O2. The van der Waals surface area contributed by atoms with Gasteiger partial charge in [0.25, 0.3) is 5.91 Å². The summed E-state index contributed by atoms with van der Waals surface area (Å²) in [4.78, 5) is 14.4. The Kier molecular flexibility index (Phi) is 5.17. The number of ether oxygens (including phenoxy) is 1. The molecule has 0 aromatic heterocycles. The Bertz CT molecular complexity index is 706. The van der Waals surface area contributed by atoms with Crippen LogP contribution in [-0.2, 0) is 0 Å². The van der Waals surface area contributed by atoms with Gasteiger partial charge in [-0.3, -0.25) is 4.79 Å².